The second kappa shape index (κ2) is 7.92. The fourth-order valence-electron chi connectivity index (χ4n) is 4.06. The highest BCUT2D eigenvalue weighted by Crippen LogP contribution is 2.24. The molecule has 0 saturated carbocycles. The van der Waals surface area contributed by atoms with Crippen molar-refractivity contribution in [2.45, 2.75) is 23.8 Å². The van der Waals surface area contributed by atoms with E-state index in [1.807, 2.05) is 0 Å². The first-order valence-electron chi connectivity index (χ1n) is 10.6. The number of rotatable bonds is 6. The van der Waals surface area contributed by atoms with Crippen molar-refractivity contribution in [2.24, 2.45) is 0 Å². The lowest BCUT2D eigenvalue weighted by molar-refractivity contribution is 0.601. The highest BCUT2D eigenvalue weighted by molar-refractivity contribution is 7.92. The van der Waals surface area contributed by atoms with E-state index < -0.39 is 10.0 Å². The largest absolute Gasteiger partial charge is 0.351 e. The van der Waals surface area contributed by atoms with E-state index in [9.17, 15) is 8.42 Å². The Labute approximate surface area is 194 Å². The topological polar surface area (TPSA) is 143 Å². The Morgan fingerprint density at radius 2 is 1.76 bits per heavy atom. The number of hydrogen-bond donors (Lipinski definition) is 3. The zero-order valence-corrected chi connectivity index (χ0v) is 18.6. The van der Waals surface area contributed by atoms with Crippen LogP contribution in [0.5, 0.6) is 0 Å². The minimum Gasteiger partial charge on any atom is -0.351 e. The zero-order valence-electron chi connectivity index (χ0n) is 17.8. The number of aromatic nitrogens is 7. The maximum Gasteiger partial charge on any atom is 0.263 e. The maximum atomic E-state index is 12.8. The molecule has 5 aromatic rings. The smallest absolute Gasteiger partial charge is 0.263 e. The highest BCUT2D eigenvalue weighted by atomic mass is 32.2. The van der Waals surface area contributed by atoms with Crippen LogP contribution < -0.4 is 10.0 Å². The van der Waals surface area contributed by atoms with Crippen molar-refractivity contribution in [3.8, 4) is 5.69 Å². The maximum absolute atomic E-state index is 12.8. The van der Waals surface area contributed by atoms with E-state index >= 15 is 0 Å². The van der Waals surface area contributed by atoms with Gasteiger partial charge >= 0.3 is 0 Å². The first-order valence-corrected chi connectivity index (χ1v) is 12.1. The van der Waals surface area contributed by atoms with E-state index in [4.69, 9.17) is 0 Å². The summed E-state index contributed by atoms with van der Waals surface area (Å²) in [5, 5.41) is 17.9. The summed E-state index contributed by atoms with van der Waals surface area (Å²) in [5.41, 5.74) is 4.42. The molecule has 0 radical (unpaired) electrons. The molecule has 34 heavy (non-hydrogen) atoms. The van der Waals surface area contributed by atoms with Gasteiger partial charge in [0.1, 0.15) is 11.2 Å². The third-order valence-corrected chi connectivity index (χ3v) is 7.08. The summed E-state index contributed by atoms with van der Waals surface area (Å²) in [5.74, 6) is 0.712. The Morgan fingerprint density at radius 3 is 2.53 bits per heavy atom. The molecule has 0 atom stereocenters. The number of sulfonamides is 1. The Morgan fingerprint density at radius 1 is 1.00 bits per heavy atom. The van der Waals surface area contributed by atoms with Crippen LogP contribution in [0.1, 0.15) is 11.1 Å². The molecule has 0 aliphatic heterocycles. The van der Waals surface area contributed by atoms with Crippen molar-refractivity contribution in [1.29, 1.82) is 0 Å². The Hall–Kier alpha value is -4.32. The summed E-state index contributed by atoms with van der Waals surface area (Å²) < 4.78 is 29.5. The van der Waals surface area contributed by atoms with Crippen LogP contribution in [-0.2, 0) is 22.9 Å². The minimum atomic E-state index is -3.84. The molecule has 1 aliphatic rings. The molecule has 0 amide bonds. The predicted octanol–water partition coefficient (Wildman–Crippen LogP) is 2.31. The van der Waals surface area contributed by atoms with E-state index in [1.165, 1.54) is 27.9 Å². The molecular weight excluding hydrogens is 454 g/mol. The SMILES string of the molecule is O=S(=O)(Nc1ccn(-c2cnc(NC3Cc4ccccc4C3)nc2)n1)c1ccc2[nH]nnc2c1. The lowest BCUT2D eigenvalue weighted by atomic mass is 10.1. The molecule has 1 aliphatic carbocycles. The average Bonchev–Trinajstić information content (AvgIpc) is 3.58. The number of nitrogens with zero attached hydrogens (tertiary/aromatic N) is 6. The van der Waals surface area contributed by atoms with Crippen LogP contribution in [0, 0.1) is 0 Å². The lowest BCUT2D eigenvalue weighted by Gasteiger charge is -2.12. The number of nitrogens with one attached hydrogen (secondary N) is 3. The van der Waals surface area contributed by atoms with Crippen molar-refractivity contribution >= 4 is 32.8 Å². The summed E-state index contributed by atoms with van der Waals surface area (Å²) in [7, 11) is -3.84. The van der Waals surface area contributed by atoms with Crippen molar-refractivity contribution < 1.29 is 8.42 Å². The first-order chi connectivity index (χ1) is 16.5. The minimum absolute atomic E-state index is 0.0660. The van der Waals surface area contributed by atoms with E-state index in [1.54, 1.807) is 30.7 Å². The van der Waals surface area contributed by atoms with Gasteiger partial charge in [-0.3, -0.25) is 9.82 Å². The fraction of sp³-hybridized carbons (Fsp3) is 0.136. The van der Waals surface area contributed by atoms with E-state index in [0.717, 1.165) is 12.8 Å². The van der Waals surface area contributed by atoms with Crippen molar-refractivity contribution in [2.75, 3.05) is 10.0 Å². The van der Waals surface area contributed by atoms with E-state index in [2.05, 4.69) is 64.8 Å². The quantitative estimate of drug-likeness (QED) is 0.341. The van der Waals surface area contributed by atoms with Crippen LogP contribution in [0.25, 0.3) is 16.7 Å². The normalized spacial score (nSPS) is 13.8. The van der Waals surface area contributed by atoms with Gasteiger partial charge in [-0.2, -0.15) is 0 Å². The molecule has 11 nitrogen and oxygen atoms in total. The second-order valence-corrected chi connectivity index (χ2v) is 9.71. The van der Waals surface area contributed by atoms with Gasteiger partial charge in [0.05, 0.1) is 22.8 Å². The van der Waals surface area contributed by atoms with E-state index in [-0.39, 0.29) is 16.8 Å². The van der Waals surface area contributed by atoms with Crippen LogP contribution in [0.3, 0.4) is 0 Å². The molecule has 2 aromatic carbocycles. The van der Waals surface area contributed by atoms with Gasteiger partial charge in [0.15, 0.2) is 5.82 Å². The molecule has 0 bridgehead atoms. The molecule has 0 saturated heterocycles. The molecule has 6 rings (SSSR count). The van der Waals surface area contributed by atoms with Gasteiger partial charge in [-0.05, 0) is 42.2 Å². The first kappa shape index (κ1) is 20.3. The van der Waals surface area contributed by atoms with Crippen LogP contribution in [0.15, 0.2) is 72.0 Å². The zero-order chi connectivity index (χ0) is 23.1. The molecule has 170 valence electrons. The number of hydrogen-bond acceptors (Lipinski definition) is 8. The molecule has 3 aromatic heterocycles. The summed E-state index contributed by atoms with van der Waals surface area (Å²) in [4.78, 5) is 8.86. The summed E-state index contributed by atoms with van der Waals surface area (Å²) in [6.45, 7) is 0. The Bertz CT molecular complexity index is 1570. The average molecular weight is 474 g/mol. The predicted molar refractivity (Wildman–Crippen MR) is 125 cm³/mol. The molecule has 3 N–H and O–H groups in total. The number of benzene rings is 2. The van der Waals surface area contributed by atoms with Gasteiger partial charge in [-0.25, -0.2) is 23.1 Å². The van der Waals surface area contributed by atoms with Gasteiger partial charge in [0.2, 0.25) is 5.95 Å². The van der Waals surface area contributed by atoms with Gasteiger partial charge in [0, 0.05) is 18.3 Å². The molecule has 3 heterocycles. The lowest BCUT2D eigenvalue weighted by Crippen LogP contribution is -2.21. The fourth-order valence-corrected chi connectivity index (χ4v) is 5.08. The van der Waals surface area contributed by atoms with Crippen LogP contribution in [0.2, 0.25) is 0 Å². The standard InChI is InChI=1S/C22H19N9O2S/c32-34(33,18-5-6-19-20(11-18)27-30-26-19)29-21-7-8-31(28-21)17-12-23-22(24-13-17)25-16-9-14-3-1-2-4-15(14)10-16/h1-8,11-13,16H,9-10H2,(H,28,29)(H,23,24,25)(H,26,27,30). The molecule has 12 heteroatoms. The van der Waals surface area contributed by atoms with Gasteiger partial charge < -0.3 is 5.32 Å². The molecule has 0 spiro atoms. The summed E-state index contributed by atoms with van der Waals surface area (Å²) in [6.07, 6.45) is 6.79. The van der Waals surface area contributed by atoms with Gasteiger partial charge in [-0.15, -0.1) is 10.2 Å². The van der Waals surface area contributed by atoms with Gasteiger partial charge in [0.25, 0.3) is 10.0 Å². The van der Waals surface area contributed by atoms with Crippen LogP contribution >= 0.6 is 0 Å². The number of fused-ring (bicyclic) bond motifs is 2. The third-order valence-electron chi connectivity index (χ3n) is 5.72. The summed E-state index contributed by atoms with van der Waals surface area (Å²) >= 11 is 0. The third kappa shape index (κ3) is 3.83. The molecule has 0 fully saturated rings. The number of H-pyrrole nitrogens is 1. The molecular formula is C22H19N9O2S. The van der Waals surface area contributed by atoms with E-state index in [0.29, 0.717) is 22.7 Å². The van der Waals surface area contributed by atoms with Crippen molar-refractivity contribution in [3.63, 3.8) is 0 Å². The number of anilines is 2. The molecule has 0 unspecified atom stereocenters. The van der Waals surface area contributed by atoms with Gasteiger partial charge in [-0.1, -0.05) is 29.5 Å². The number of aromatic amines is 1. The van der Waals surface area contributed by atoms with Crippen LogP contribution in [-0.4, -0.2) is 49.6 Å². The Balaban J connectivity index is 1.14. The van der Waals surface area contributed by atoms with Crippen molar-refractivity contribution in [1.82, 2.24) is 35.2 Å². The second-order valence-electron chi connectivity index (χ2n) is 8.02. The highest BCUT2D eigenvalue weighted by Gasteiger charge is 2.21. The Kier molecular flexibility index (Phi) is 4.73. The van der Waals surface area contributed by atoms with Crippen molar-refractivity contribution in [3.05, 3.63) is 78.2 Å². The monoisotopic (exact) mass is 473 g/mol. The summed E-state index contributed by atoms with van der Waals surface area (Å²) in [6, 6.07) is 14.8. The van der Waals surface area contributed by atoms with Crippen LogP contribution in [0.4, 0.5) is 11.8 Å².